The van der Waals surface area contributed by atoms with Crippen molar-refractivity contribution in [1.29, 1.82) is 0 Å². The lowest BCUT2D eigenvalue weighted by molar-refractivity contribution is 0.144. The summed E-state index contributed by atoms with van der Waals surface area (Å²) in [5, 5.41) is 3.63. The predicted octanol–water partition coefficient (Wildman–Crippen LogP) is 2.84. The van der Waals surface area contributed by atoms with E-state index >= 15 is 0 Å². The molecule has 1 aromatic rings. The first-order valence-corrected chi connectivity index (χ1v) is 7.94. The lowest BCUT2D eigenvalue weighted by Crippen LogP contribution is -2.46. The van der Waals surface area contributed by atoms with Crippen LogP contribution in [0.5, 0.6) is 0 Å². The highest BCUT2D eigenvalue weighted by atomic mass is 15.2. The maximum atomic E-state index is 3.63. The molecule has 0 aromatic heterocycles. The quantitative estimate of drug-likeness (QED) is 0.897. The highest BCUT2D eigenvalue weighted by Crippen LogP contribution is 2.27. The van der Waals surface area contributed by atoms with Crippen molar-refractivity contribution in [3.63, 3.8) is 0 Å². The summed E-state index contributed by atoms with van der Waals surface area (Å²) in [7, 11) is 0. The van der Waals surface area contributed by atoms with Crippen LogP contribution in [-0.2, 0) is 6.42 Å². The van der Waals surface area contributed by atoms with Gasteiger partial charge in [0.05, 0.1) is 0 Å². The van der Waals surface area contributed by atoms with E-state index in [-0.39, 0.29) is 0 Å². The molecule has 1 aliphatic carbocycles. The second-order valence-electron chi connectivity index (χ2n) is 6.08. The molecule has 1 heterocycles. The Morgan fingerprint density at radius 1 is 1.05 bits per heavy atom. The van der Waals surface area contributed by atoms with E-state index in [2.05, 4.69) is 40.5 Å². The Morgan fingerprint density at radius 2 is 1.84 bits per heavy atom. The second kappa shape index (κ2) is 6.53. The summed E-state index contributed by atoms with van der Waals surface area (Å²) in [6.07, 6.45) is 8.22. The molecular formula is C17H26N2. The van der Waals surface area contributed by atoms with Crippen molar-refractivity contribution in [1.82, 2.24) is 10.2 Å². The van der Waals surface area contributed by atoms with Crippen molar-refractivity contribution in [2.24, 2.45) is 0 Å². The summed E-state index contributed by atoms with van der Waals surface area (Å²) >= 11 is 0. The van der Waals surface area contributed by atoms with Crippen LogP contribution in [0.3, 0.4) is 0 Å². The standard InChI is InChI=1S/C17H26N2/c1-2-7-15(8-3-1)13-17-14-18-11-6-12-19(17)16-9-4-5-10-16/h1-3,7-8,16-18H,4-6,9-14H2. The molecule has 1 saturated carbocycles. The summed E-state index contributed by atoms with van der Waals surface area (Å²) in [4.78, 5) is 2.82. The summed E-state index contributed by atoms with van der Waals surface area (Å²) in [6, 6.07) is 12.5. The Kier molecular flexibility index (Phi) is 4.52. The molecule has 0 amide bonds. The van der Waals surface area contributed by atoms with Crippen molar-refractivity contribution in [2.45, 2.75) is 50.6 Å². The van der Waals surface area contributed by atoms with Crippen molar-refractivity contribution < 1.29 is 0 Å². The van der Waals surface area contributed by atoms with Gasteiger partial charge in [0.15, 0.2) is 0 Å². The highest BCUT2D eigenvalue weighted by Gasteiger charge is 2.29. The van der Waals surface area contributed by atoms with E-state index in [4.69, 9.17) is 0 Å². The third-order valence-corrected chi connectivity index (χ3v) is 4.73. The molecule has 1 aliphatic heterocycles. The lowest BCUT2D eigenvalue weighted by atomic mass is 10.0. The smallest absolute Gasteiger partial charge is 0.0263 e. The summed E-state index contributed by atoms with van der Waals surface area (Å²) in [6.45, 7) is 3.63. The number of rotatable bonds is 3. The van der Waals surface area contributed by atoms with Crippen LogP contribution >= 0.6 is 0 Å². The first-order valence-electron chi connectivity index (χ1n) is 7.94. The van der Waals surface area contributed by atoms with Crippen molar-refractivity contribution in [3.05, 3.63) is 35.9 Å². The van der Waals surface area contributed by atoms with Gasteiger partial charge in [-0.25, -0.2) is 0 Å². The number of nitrogens with one attached hydrogen (secondary N) is 1. The van der Waals surface area contributed by atoms with Gasteiger partial charge in [-0.15, -0.1) is 0 Å². The Balaban J connectivity index is 1.70. The molecule has 1 unspecified atom stereocenters. The van der Waals surface area contributed by atoms with E-state index in [0.717, 1.165) is 12.6 Å². The maximum Gasteiger partial charge on any atom is 0.0263 e. The fourth-order valence-corrected chi connectivity index (χ4v) is 3.75. The molecular weight excluding hydrogens is 232 g/mol. The van der Waals surface area contributed by atoms with Gasteiger partial charge in [0, 0.05) is 18.6 Å². The Morgan fingerprint density at radius 3 is 2.63 bits per heavy atom. The Bertz CT molecular complexity index is 370. The van der Waals surface area contributed by atoms with Gasteiger partial charge in [0.2, 0.25) is 0 Å². The molecule has 19 heavy (non-hydrogen) atoms. The minimum atomic E-state index is 0.688. The van der Waals surface area contributed by atoms with Crippen LogP contribution in [-0.4, -0.2) is 36.6 Å². The van der Waals surface area contributed by atoms with Crippen LogP contribution < -0.4 is 5.32 Å². The molecule has 0 radical (unpaired) electrons. The molecule has 2 heteroatoms. The zero-order valence-corrected chi connectivity index (χ0v) is 11.9. The van der Waals surface area contributed by atoms with Gasteiger partial charge in [-0.1, -0.05) is 43.2 Å². The number of benzene rings is 1. The van der Waals surface area contributed by atoms with E-state index in [1.54, 1.807) is 0 Å². The SMILES string of the molecule is c1ccc(CC2CNCCCN2C2CCCC2)cc1. The number of hydrogen-bond donors (Lipinski definition) is 1. The van der Waals surface area contributed by atoms with Gasteiger partial charge in [0.25, 0.3) is 0 Å². The predicted molar refractivity (Wildman–Crippen MR) is 80.4 cm³/mol. The topological polar surface area (TPSA) is 15.3 Å². The van der Waals surface area contributed by atoms with E-state index in [9.17, 15) is 0 Å². The molecule has 3 rings (SSSR count). The third-order valence-electron chi connectivity index (χ3n) is 4.73. The van der Waals surface area contributed by atoms with Crippen molar-refractivity contribution in [2.75, 3.05) is 19.6 Å². The van der Waals surface area contributed by atoms with Crippen LogP contribution in [0.4, 0.5) is 0 Å². The molecule has 2 aliphatic rings. The fraction of sp³-hybridized carbons (Fsp3) is 0.647. The largest absolute Gasteiger partial charge is 0.315 e. The van der Waals surface area contributed by atoms with Gasteiger partial charge in [0.1, 0.15) is 0 Å². The molecule has 0 bridgehead atoms. The maximum absolute atomic E-state index is 3.63. The average Bonchev–Trinajstić information content (AvgIpc) is 2.88. The average molecular weight is 258 g/mol. The highest BCUT2D eigenvalue weighted by molar-refractivity contribution is 5.16. The molecule has 1 atom stereocenters. The number of nitrogens with zero attached hydrogens (tertiary/aromatic N) is 1. The molecule has 1 N–H and O–H groups in total. The summed E-state index contributed by atoms with van der Waals surface area (Å²) < 4.78 is 0. The van der Waals surface area contributed by atoms with Crippen LogP contribution in [0.2, 0.25) is 0 Å². The monoisotopic (exact) mass is 258 g/mol. The van der Waals surface area contributed by atoms with Gasteiger partial charge in [-0.3, -0.25) is 4.90 Å². The van der Waals surface area contributed by atoms with E-state index in [1.807, 2.05) is 0 Å². The van der Waals surface area contributed by atoms with E-state index < -0.39 is 0 Å². The number of hydrogen-bond acceptors (Lipinski definition) is 2. The van der Waals surface area contributed by atoms with Gasteiger partial charge in [-0.2, -0.15) is 0 Å². The van der Waals surface area contributed by atoms with Gasteiger partial charge in [-0.05, 0) is 44.3 Å². The van der Waals surface area contributed by atoms with Crippen LogP contribution in [0, 0.1) is 0 Å². The zero-order chi connectivity index (χ0) is 12.9. The van der Waals surface area contributed by atoms with Crippen LogP contribution in [0.25, 0.3) is 0 Å². The minimum absolute atomic E-state index is 0.688. The molecule has 0 spiro atoms. The second-order valence-corrected chi connectivity index (χ2v) is 6.08. The zero-order valence-electron chi connectivity index (χ0n) is 11.9. The third kappa shape index (κ3) is 3.37. The molecule has 2 fully saturated rings. The van der Waals surface area contributed by atoms with E-state index in [1.165, 1.54) is 57.2 Å². The minimum Gasteiger partial charge on any atom is -0.315 e. The molecule has 1 saturated heterocycles. The van der Waals surface area contributed by atoms with Crippen molar-refractivity contribution in [3.8, 4) is 0 Å². The fourth-order valence-electron chi connectivity index (χ4n) is 3.75. The Hall–Kier alpha value is -0.860. The summed E-state index contributed by atoms with van der Waals surface area (Å²) in [5.41, 5.74) is 1.49. The normalized spacial score (nSPS) is 26.4. The van der Waals surface area contributed by atoms with Gasteiger partial charge < -0.3 is 5.32 Å². The van der Waals surface area contributed by atoms with Crippen molar-refractivity contribution >= 4 is 0 Å². The Labute approximate surface area is 117 Å². The lowest BCUT2D eigenvalue weighted by Gasteiger charge is -2.35. The molecule has 2 nitrogen and oxygen atoms in total. The summed E-state index contributed by atoms with van der Waals surface area (Å²) in [5.74, 6) is 0. The first kappa shape index (κ1) is 13.1. The molecule has 104 valence electrons. The van der Waals surface area contributed by atoms with Crippen LogP contribution in [0.15, 0.2) is 30.3 Å². The van der Waals surface area contributed by atoms with Crippen LogP contribution in [0.1, 0.15) is 37.7 Å². The van der Waals surface area contributed by atoms with Gasteiger partial charge >= 0.3 is 0 Å². The van der Waals surface area contributed by atoms with E-state index in [0.29, 0.717) is 6.04 Å². The molecule has 1 aromatic carbocycles. The first-order chi connectivity index (χ1) is 9.43.